The highest BCUT2D eigenvalue weighted by atomic mass is 32.1. The van der Waals surface area contributed by atoms with E-state index in [1.165, 1.54) is 11.0 Å². The second-order valence-corrected chi connectivity index (χ2v) is 7.56. The number of thiazole rings is 1. The van der Waals surface area contributed by atoms with Crippen LogP contribution < -0.4 is 10.2 Å². The van der Waals surface area contributed by atoms with Crippen molar-refractivity contribution in [2.24, 2.45) is 11.8 Å². The number of rotatable bonds is 5. The first-order chi connectivity index (χ1) is 11.3. The molecule has 1 amide bonds. The van der Waals surface area contributed by atoms with Gasteiger partial charge in [0.2, 0.25) is 0 Å². The molecule has 1 aliphatic carbocycles. The summed E-state index contributed by atoms with van der Waals surface area (Å²) in [5.41, 5.74) is 0.712. The van der Waals surface area contributed by atoms with Crippen LogP contribution in [-0.4, -0.2) is 28.6 Å². The third-order valence-corrected chi connectivity index (χ3v) is 5.86. The summed E-state index contributed by atoms with van der Waals surface area (Å²) >= 11 is 1.04. The molecule has 7 heteroatoms. The summed E-state index contributed by atoms with van der Waals surface area (Å²) < 4.78 is 6.54. The number of hydrogen-bond donors (Lipinski definition) is 1. The van der Waals surface area contributed by atoms with Crippen LogP contribution in [0.2, 0.25) is 0 Å². The molecule has 1 aromatic heterocycles. The van der Waals surface area contributed by atoms with Gasteiger partial charge in [-0.1, -0.05) is 38.0 Å². The zero-order valence-electron chi connectivity index (χ0n) is 14.7. The summed E-state index contributed by atoms with van der Waals surface area (Å²) in [4.78, 5) is 35.7. The van der Waals surface area contributed by atoms with Gasteiger partial charge in [-0.15, -0.1) is 0 Å². The monoisotopic (exact) mass is 354 g/mol. The van der Waals surface area contributed by atoms with Crippen LogP contribution in [-0.2, 0) is 20.9 Å². The van der Waals surface area contributed by atoms with Gasteiger partial charge in [0.1, 0.15) is 6.54 Å². The summed E-state index contributed by atoms with van der Waals surface area (Å²) in [6, 6.07) is 0.129. The maximum Gasteiger partial charge on any atom is 0.326 e. The number of amides is 1. The summed E-state index contributed by atoms with van der Waals surface area (Å²) in [5, 5.41) is 4.70. The molecule has 0 unspecified atom stereocenters. The van der Waals surface area contributed by atoms with Crippen molar-refractivity contribution < 1.29 is 14.3 Å². The number of hydrogen-bond acceptors (Lipinski definition) is 5. The SMILES string of the molecule is Cc1csc(=O)n1CC(=O)O[C@@H](C)C(=O)N[C@H]1CCC[C@H](C)[C@@H]1C. The number of aryl methyl sites for hydroxylation is 1. The minimum Gasteiger partial charge on any atom is -0.451 e. The van der Waals surface area contributed by atoms with E-state index in [-0.39, 0.29) is 23.4 Å². The molecule has 0 radical (unpaired) electrons. The van der Waals surface area contributed by atoms with Crippen LogP contribution in [0.15, 0.2) is 10.2 Å². The predicted octanol–water partition coefficient (Wildman–Crippen LogP) is 2.09. The van der Waals surface area contributed by atoms with E-state index in [0.717, 1.165) is 24.2 Å². The Hall–Kier alpha value is -1.63. The quantitative estimate of drug-likeness (QED) is 0.822. The standard InChI is InChI=1S/C17H26N2O4S/c1-10-6-5-7-14(12(10)3)18-16(21)13(4)23-15(20)8-19-11(2)9-24-17(19)22/h9-10,12-14H,5-8H2,1-4H3,(H,18,21)/t10-,12-,13-,14-/m0/s1. The Kier molecular flexibility index (Phi) is 6.21. The molecule has 6 nitrogen and oxygen atoms in total. The van der Waals surface area contributed by atoms with E-state index in [2.05, 4.69) is 19.2 Å². The zero-order chi connectivity index (χ0) is 17.9. The third-order valence-electron chi connectivity index (χ3n) is 4.98. The second kappa shape index (κ2) is 7.96. The van der Waals surface area contributed by atoms with E-state index in [0.29, 0.717) is 17.5 Å². The van der Waals surface area contributed by atoms with Gasteiger partial charge in [-0.3, -0.25) is 19.0 Å². The lowest BCUT2D eigenvalue weighted by Crippen LogP contribution is -2.47. The molecule has 24 heavy (non-hydrogen) atoms. The van der Waals surface area contributed by atoms with Crippen molar-refractivity contribution in [2.75, 3.05) is 0 Å². The molecule has 4 atom stereocenters. The average molecular weight is 354 g/mol. The van der Waals surface area contributed by atoms with E-state index in [1.54, 1.807) is 19.2 Å². The van der Waals surface area contributed by atoms with Crippen LogP contribution in [0.1, 0.15) is 45.7 Å². The van der Waals surface area contributed by atoms with Crippen molar-refractivity contribution in [2.45, 2.75) is 65.6 Å². The molecular formula is C17H26N2O4S. The maximum atomic E-state index is 12.3. The molecule has 0 spiro atoms. The number of carbonyl (C=O) groups is 2. The molecule has 0 bridgehead atoms. The van der Waals surface area contributed by atoms with E-state index < -0.39 is 12.1 Å². The number of nitrogens with zero attached hydrogens (tertiary/aromatic N) is 1. The number of nitrogens with one attached hydrogen (secondary N) is 1. The molecule has 0 aromatic carbocycles. The highest BCUT2D eigenvalue weighted by molar-refractivity contribution is 7.07. The number of carbonyl (C=O) groups excluding carboxylic acids is 2. The number of esters is 1. The first-order valence-corrected chi connectivity index (χ1v) is 9.32. The summed E-state index contributed by atoms with van der Waals surface area (Å²) in [7, 11) is 0. The number of aromatic nitrogens is 1. The smallest absolute Gasteiger partial charge is 0.326 e. The van der Waals surface area contributed by atoms with Gasteiger partial charge in [0, 0.05) is 17.1 Å². The van der Waals surface area contributed by atoms with Gasteiger partial charge >= 0.3 is 10.8 Å². The first kappa shape index (κ1) is 18.7. The fourth-order valence-corrected chi connectivity index (χ4v) is 3.83. The van der Waals surface area contributed by atoms with Crippen molar-refractivity contribution in [1.82, 2.24) is 9.88 Å². The second-order valence-electron chi connectivity index (χ2n) is 6.74. The predicted molar refractivity (Wildman–Crippen MR) is 93.0 cm³/mol. The first-order valence-electron chi connectivity index (χ1n) is 8.44. The Morgan fingerprint density at radius 1 is 1.42 bits per heavy atom. The third kappa shape index (κ3) is 4.47. The lowest BCUT2D eigenvalue weighted by molar-refractivity contribution is -0.155. The molecule has 1 saturated carbocycles. The summed E-state index contributed by atoms with van der Waals surface area (Å²) in [6.45, 7) is 7.51. The topological polar surface area (TPSA) is 77.4 Å². The minimum absolute atomic E-state index is 0.129. The Morgan fingerprint density at radius 2 is 2.12 bits per heavy atom. The average Bonchev–Trinajstić information content (AvgIpc) is 2.83. The molecule has 2 rings (SSSR count). The van der Waals surface area contributed by atoms with Crippen molar-refractivity contribution in [3.63, 3.8) is 0 Å². The lowest BCUT2D eigenvalue weighted by Gasteiger charge is -2.35. The molecule has 1 aromatic rings. The Balaban J connectivity index is 1.87. The van der Waals surface area contributed by atoms with Crippen LogP contribution in [0.25, 0.3) is 0 Å². The fraction of sp³-hybridized carbons (Fsp3) is 0.706. The van der Waals surface area contributed by atoms with Gasteiger partial charge < -0.3 is 10.1 Å². The fourth-order valence-electron chi connectivity index (χ4n) is 3.10. The van der Waals surface area contributed by atoms with Crippen molar-refractivity contribution in [1.29, 1.82) is 0 Å². The molecule has 0 saturated heterocycles. The van der Waals surface area contributed by atoms with Gasteiger partial charge in [-0.2, -0.15) is 0 Å². The van der Waals surface area contributed by atoms with Gasteiger partial charge in [0.05, 0.1) is 0 Å². The van der Waals surface area contributed by atoms with Crippen molar-refractivity contribution >= 4 is 23.2 Å². The molecule has 1 N–H and O–H groups in total. The van der Waals surface area contributed by atoms with E-state index in [4.69, 9.17) is 4.74 Å². The van der Waals surface area contributed by atoms with Gasteiger partial charge in [0.25, 0.3) is 5.91 Å². The lowest BCUT2D eigenvalue weighted by atomic mass is 9.78. The summed E-state index contributed by atoms with van der Waals surface area (Å²) in [5.74, 6) is 0.142. The molecule has 0 aliphatic heterocycles. The van der Waals surface area contributed by atoms with E-state index in [9.17, 15) is 14.4 Å². The van der Waals surface area contributed by atoms with E-state index in [1.807, 2.05) is 0 Å². The van der Waals surface area contributed by atoms with E-state index >= 15 is 0 Å². The van der Waals surface area contributed by atoms with Gasteiger partial charge in [-0.25, -0.2) is 0 Å². The van der Waals surface area contributed by atoms with Gasteiger partial charge in [0.15, 0.2) is 6.10 Å². The Bertz CT molecular complexity index is 651. The molecule has 1 fully saturated rings. The molecule has 1 aliphatic rings. The Labute approximate surface area is 146 Å². The highest BCUT2D eigenvalue weighted by Crippen LogP contribution is 2.29. The highest BCUT2D eigenvalue weighted by Gasteiger charge is 2.30. The molecular weight excluding hydrogens is 328 g/mol. The van der Waals surface area contributed by atoms with Crippen LogP contribution in [0.4, 0.5) is 0 Å². The van der Waals surface area contributed by atoms with Crippen molar-refractivity contribution in [3.05, 3.63) is 20.7 Å². The summed E-state index contributed by atoms with van der Waals surface area (Å²) in [6.07, 6.45) is 2.38. The normalized spacial score (nSPS) is 25.1. The zero-order valence-corrected chi connectivity index (χ0v) is 15.5. The maximum absolute atomic E-state index is 12.3. The molecule has 1 heterocycles. The van der Waals surface area contributed by atoms with Crippen LogP contribution in [0.3, 0.4) is 0 Å². The van der Waals surface area contributed by atoms with Gasteiger partial charge in [-0.05, 0) is 32.1 Å². The van der Waals surface area contributed by atoms with Crippen molar-refractivity contribution in [3.8, 4) is 0 Å². The minimum atomic E-state index is -0.864. The van der Waals surface area contributed by atoms with Crippen LogP contribution in [0.5, 0.6) is 0 Å². The molecule has 134 valence electrons. The largest absolute Gasteiger partial charge is 0.451 e. The number of ether oxygens (including phenoxy) is 1. The van der Waals surface area contributed by atoms with Crippen LogP contribution >= 0.6 is 11.3 Å². The Morgan fingerprint density at radius 3 is 2.75 bits per heavy atom. The van der Waals surface area contributed by atoms with Crippen LogP contribution in [0, 0.1) is 18.8 Å².